The second kappa shape index (κ2) is 5.36. The molecule has 5 nitrogen and oxygen atoms in total. The molecule has 0 saturated carbocycles. The lowest BCUT2D eigenvalue weighted by Crippen LogP contribution is -2.01. The minimum atomic E-state index is -4.06. The van der Waals surface area contributed by atoms with Gasteiger partial charge in [0.15, 0.2) is 0 Å². The van der Waals surface area contributed by atoms with Crippen LogP contribution in [0.2, 0.25) is 0 Å². The van der Waals surface area contributed by atoms with Crippen molar-refractivity contribution in [2.45, 2.75) is 5.75 Å². The van der Waals surface area contributed by atoms with Crippen molar-refractivity contribution in [3.8, 4) is 5.75 Å². The van der Waals surface area contributed by atoms with Crippen LogP contribution in [0.5, 0.6) is 5.75 Å². The summed E-state index contributed by atoms with van der Waals surface area (Å²) in [5.41, 5.74) is 0.194. The highest BCUT2D eigenvalue weighted by Crippen LogP contribution is 2.17. The molecule has 6 heteroatoms. The molecular weight excluding hydrogens is 208 g/mol. The number of para-hydroxylation sites is 1. The molecule has 1 aromatic rings. The first kappa shape index (κ1) is 12.6. The van der Waals surface area contributed by atoms with Crippen molar-refractivity contribution in [2.24, 2.45) is 0 Å². The largest absolute Gasteiger partial charge is 0.508 e. The first-order chi connectivity index (χ1) is 6.49. The molecule has 0 fully saturated rings. The number of carbonyl (C=O) groups excluding carboxylic acids is 1. The Balaban J connectivity index is 0.000000791. The maximum Gasteiger partial charge on any atom is 0.269 e. The molecule has 0 aliphatic rings. The number of aromatic hydroxyl groups is 1. The van der Waals surface area contributed by atoms with Gasteiger partial charge in [0.05, 0.1) is 0 Å². The molecule has 0 aliphatic heterocycles. The van der Waals surface area contributed by atoms with Gasteiger partial charge in [-0.2, -0.15) is 8.42 Å². The number of hydrogen-bond acceptors (Lipinski definition) is 4. The summed E-state index contributed by atoms with van der Waals surface area (Å²) in [5.74, 6) is -0.685. The molecule has 0 atom stereocenters. The van der Waals surface area contributed by atoms with E-state index in [2.05, 4.69) is 0 Å². The quantitative estimate of drug-likeness (QED) is 0.709. The third-order valence-corrected chi connectivity index (χ3v) is 2.01. The topological polar surface area (TPSA) is 91.7 Å². The Morgan fingerprint density at radius 1 is 1.21 bits per heavy atom. The van der Waals surface area contributed by atoms with Gasteiger partial charge in [0, 0.05) is 5.56 Å². The highest BCUT2D eigenvalue weighted by molar-refractivity contribution is 7.85. The summed E-state index contributed by atoms with van der Waals surface area (Å²) in [4.78, 5) is 8.00. The first-order valence-corrected chi connectivity index (χ1v) is 5.11. The van der Waals surface area contributed by atoms with E-state index in [-0.39, 0.29) is 11.3 Å². The Morgan fingerprint density at radius 3 is 2.14 bits per heavy atom. The predicted molar refractivity (Wildman–Crippen MR) is 50.5 cm³/mol. The van der Waals surface area contributed by atoms with E-state index in [4.69, 9.17) is 14.5 Å². The molecule has 0 saturated heterocycles. The van der Waals surface area contributed by atoms with E-state index in [0.717, 1.165) is 0 Å². The average molecular weight is 218 g/mol. The minimum Gasteiger partial charge on any atom is -0.508 e. The Bertz CT molecular complexity index is 384. The minimum absolute atomic E-state index is 0.130. The fourth-order valence-corrected chi connectivity index (χ4v) is 1.47. The van der Waals surface area contributed by atoms with Gasteiger partial charge < -0.3 is 9.90 Å². The van der Waals surface area contributed by atoms with Crippen LogP contribution in [0.3, 0.4) is 0 Å². The molecule has 0 radical (unpaired) electrons. The van der Waals surface area contributed by atoms with Crippen LogP contribution in [0.15, 0.2) is 24.3 Å². The van der Waals surface area contributed by atoms with Crippen LogP contribution < -0.4 is 0 Å². The predicted octanol–water partition coefficient (Wildman–Crippen LogP) is 0.595. The van der Waals surface area contributed by atoms with E-state index in [1.54, 1.807) is 12.1 Å². The average Bonchev–Trinajstić information content (AvgIpc) is 2.10. The number of rotatable bonds is 2. The summed E-state index contributed by atoms with van der Waals surface area (Å²) in [5, 5.41) is 9.10. The van der Waals surface area contributed by atoms with Gasteiger partial charge in [0.25, 0.3) is 10.1 Å². The smallest absolute Gasteiger partial charge is 0.269 e. The molecule has 14 heavy (non-hydrogen) atoms. The Morgan fingerprint density at radius 2 is 1.71 bits per heavy atom. The van der Waals surface area contributed by atoms with Gasteiger partial charge in [0.2, 0.25) is 0 Å². The van der Waals surface area contributed by atoms with Crippen molar-refractivity contribution in [3.63, 3.8) is 0 Å². The van der Waals surface area contributed by atoms with Crippen LogP contribution in [-0.2, 0) is 20.7 Å². The third kappa shape index (κ3) is 4.58. The molecule has 1 rings (SSSR count). The normalized spacial score (nSPS) is 10.1. The van der Waals surface area contributed by atoms with Crippen LogP contribution >= 0.6 is 0 Å². The lowest BCUT2D eigenvalue weighted by Gasteiger charge is -2.00. The molecule has 0 heterocycles. The summed E-state index contributed by atoms with van der Waals surface area (Å²) in [6, 6.07) is 5.95. The molecule has 1 aromatic carbocycles. The number of benzene rings is 1. The van der Waals surface area contributed by atoms with E-state index in [1.165, 1.54) is 12.1 Å². The summed E-state index contributed by atoms with van der Waals surface area (Å²) in [7, 11) is -4.06. The summed E-state index contributed by atoms with van der Waals surface area (Å²) in [6.07, 6.45) is 0. The number of phenolic OH excluding ortho intramolecular Hbond substituents is 1. The summed E-state index contributed by atoms with van der Waals surface area (Å²) >= 11 is 0. The molecule has 0 bridgehead atoms. The van der Waals surface area contributed by atoms with Crippen LogP contribution in [0.4, 0.5) is 0 Å². The maximum absolute atomic E-state index is 10.4. The van der Waals surface area contributed by atoms with E-state index in [1.807, 2.05) is 6.79 Å². The molecule has 0 aromatic heterocycles. The molecule has 0 spiro atoms. The summed E-state index contributed by atoms with van der Waals surface area (Å²) < 4.78 is 29.3. The zero-order valence-electron chi connectivity index (χ0n) is 7.25. The zero-order valence-corrected chi connectivity index (χ0v) is 8.07. The lowest BCUT2D eigenvalue weighted by atomic mass is 10.2. The zero-order chi connectivity index (χ0) is 11.2. The number of phenols is 1. The molecule has 0 amide bonds. The fraction of sp³-hybridized carbons (Fsp3) is 0.125. The highest BCUT2D eigenvalue weighted by atomic mass is 32.2. The van der Waals surface area contributed by atoms with Gasteiger partial charge >= 0.3 is 0 Å². The molecular formula is C8H10O5S. The molecule has 0 aliphatic carbocycles. The lowest BCUT2D eigenvalue weighted by molar-refractivity contribution is -0.0979. The van der Waals surface area contributed by atoms with Gasteiger partial charge in [-0.3, -0.25) is 4.55 Å². The van der Waals surface area contributed by atoms with Gasteiger partial charge in [-0.25, -0.2) is 0 Å². The van der Waals surface area contributed by atoms with E-state index in [9.17, 15) is 8.42 Å². The van der Waals surface area contributed by atoms with Gasteiger partial charge in [-0.1, -0.05) is 18.2 Å². The Labute approximate surface area is 81.8 Å². The molecule has 0 unspecified atom stereocenters. The van der Waals surface area contributed by atoms with Gasteiger partial charge in [-0.05, 0) is 6.07 Å². The van der Waals surface area contributed by atoms with E-state index in [0.29, 0.717) is 0 Å². The highest BCUT2D eigenvalue weighted by Gasteiger charge is 2.09. The van der Waals surface area contributed by atoms with Crippen molar-refractivity contribution in [1.82, 2.24) is 0 Å². The third-order valence-electron chi connectivity index (χ3n) is 1.33. The van der Waals surface area contributed by atoms with Crippen LogP contribution in [0.25, 0.3) is 0 Å². The Hall–Kier alpha value is -1.40. The second-order valence-electron chi connectivity index (χ2n) is 2.35. The van der Waals surface area contributed by atoms with Crippen molar-refractivity contribution in [1.29, 1.82) is 0 Å². The van der Waals surface area contributed by atoms with Gasteiger partial charge in [0.1, 0.15) is 18.3 Å². The molecule has 78 valence electrons. The van der Waals surface area contributed by atoms with Crippen molar-refractivity contribution in [3.05, 3.63) is 29.8 Å². The number of carbonyl (C=O) groups is 1. The second-order valence-corrected chi connectivity index (χ2v) is 3.81. The van der Waals surface area contributed by atoms with Crippen LogP contribution in [0, 0.1) is 0 Å². The van der Waals surface area contributed by atoms with Crippen molar-refractivity contribution in [2.75, 3.05) is 0 Å². The van der Waals surface area contributed by atoms with Crippen molar-refractivity contribution < 1.29 is 22.9 Å². The van der Waals surface area contributed by atoms with E-state index >= 15 is 0 Å². The number of hydrogen-bond donors (Lipinski definition) is 2. The summed E-state index contributed by atoms with van der Waals surface area (Å²) in [6.45, 7) is 2.00. The first-order valence-electron chi connectivity index (χ1n) is 3.50. The Kier molecular flexibility index (Phi) is 4.82. The van der Waals surface area contributed by atoms with Crippen molar-refractivity contribution >= 4 is 16.9 Å². The van der Waals surface area contributed by atoms with Gasteiger partial charge in [-0.15, -0.1) is 0 Å². The van der Waals surface area contributed by atoms with E-state index < -0.39 is 15.9 Å². The van der Waals surface area contributed by atoms with Crippen LogP contribution in [0.1, 0.15) is 5.56 Å². The van der Waals surface area contributed by atoms with Crippen LogP contribution in [-0.4, -0.2) is 24.9 Å². The SMILES string of the molecule is C=O.O=S(=O)(O)Cc1ccccc1O. The maximum atomic E-state index is 10.4. The standard InChI is InChI=1S/C7H8O4S.CH2O/c8-7-4-2-1-3-6(7)5-12(9,10)11;1-2/h1-4,8H,5H2,(H,9,10,11);1H2. The monoisotopic (exact) mass is 218 g/mol. The fourth-order valence-electron chi connectivity index (χ4n) is 0.829. The molecule has 2 N–H and O–H groups in total.